The van der Waals surface area contributed by atoms with Gasteiger partial charge in [-0.2, -0.15) is 0 Å². The van der Waals surface area contributed by atoms with Crippen LogP contribution in [0.5, 0.6) is 0 Å². The van der Waals surface area contributed by atoms with Crippen molar-refractivity contribution in [2.75, 3.05) is 14.2 Å². The molecule has 0 aromatic heterocycles. The molecule has 1 atom stereocenters. The minimum Gasteiger partial charge on any atom is -0.400 e. The first-order chi connectivity index (χ1) is 6.33. The summed E-state index contributed by atoms with van der Waals surface area (Å²) in [5.74, 6) is 0. The molecule has 0 heterocycles. The SMILES string of the molecule is CN[C@@H](C)Cc1ccccc1.CO. The van der Waals surface area contributed by atoms with E-state index in [1.807, 2.05) is 13.1 Å². The average Bonchev–Trinajstić information content (AvgIpc) is 2.22. The van der Waals surface area contributed by atoms with Crippen molar-refractivity contribution < 1.29 is 5.11 Å². The summed E-state index contributed by atoms with van der Waals surface area (Å²) in [6, 6.07) is 11.1. The lowest BCUT2D eigenvalue weighted by atomic mass is 10.1. The van der Waals surface area contributed by atoms with Gasteiger partial charge in [-0.15, -0.1) is 0 Å². The molecule has 0 spiro atoms. The van der Waals surface area contributed by atoms with Crippen molar-refractivity contribution in [2.45, 2.75) is 19.4 Å². The average molecular weight is 181 g/mol. The molecule has 2 nitrogen and oxygen atoms in total. The van der Waals surface area contributed by atoms with E-state index in [2.05, 4.69) is 36.5 Å². The van der Waals surface area contributed by atoms with E-state index in [4.69, 9.17) is 5.11 Å². The van der Waals surface area contributed by atoms with Gasteiger partial charge in [0.2, 0.25) is 0 Å². The Balaban J connectivity index is 0.000000671. The molecule has 74 valence electrons. The predicted molar refractivity (Wildman–Crippen MR) is 56.8 cm³/mol. The fraction of sp³-hybridized carbons (Fsp3) is 0.455. The first-order valence-corrected chi connectivity index (χ1v) is 4.49. The van der Waals surface area contributed by atoms with E-state index in [9.17, 15) is 0 Å². The van der Waals surface area contributed by atoms with E-state index in [0.717, 1.165) is 13.5 Å². The molecule has 0 aliphatic carbocycles. The molecule has 0 bridgehead atoms. The molecule has 0 saturated heterocycles. The lowest BCUT2D eigenvalue weighted by Crippen LogP contribution is -2.23. The zero-order valence-electron chi connectivity index (χ0n) is 8.62. The third-order valence-corrected chi connectivity index (χ3v) is 1.88. The van der Waals surface area contributed by atoms with Crippen molar-refractivity contribution in [1.82, 2.24) is 5.32 Å². The van der Waals surface area contributed by atoms with Gasteiger partial charge in [0, 0.05) is 13.2 Å². The maximum absolute atomic E-state index is 7.00. The third kappa shape index (κ3) is 5.39. The minimum absolute atomic E-state index is 0.567. The van der Waals surface area contributed by atoms with E-state index < -0.39 is 0 Å². The van der Waals surface area contributed by atoms with Gasteiger partial charge in [-0.1, -0.05) is 30.3 Å². The molecule has 2 heteroatoms. The standard InChI is InChI=1S/C10H15N.CH4O/c1-9(11-2)8-10-6-4-3-5-7-10;1-2/h3-7,9,11H,8H2,1-2H3;2H,1H3/t9-;/m0./s1. The van der Waals surface area contributed by atoms with Crippen LogP contribution in [0.4, 0.5) is 0 Å². The summed E-state index contributed by atoms with van der Waals surface area (Å²) in [7, 11) is 2.99. The highest BCUT2D eigenvalue weighted by molar-refractivity contribution is 5.15. The summed E-state index contributed by atoms with van der Waals surface area (Å²) in [5, 5.41) is 10.2. The van der Waals surface area contributed by atoms with Crippen LogP contribution >= 0.6 is 0 Å². The van der Waals surface area contributed by atoms with Gasteiger partial charge in [0.25, 0.3) is 0 Å². The molecule has 0 saturated carbocycles. The Bertz CT molecular complexity index is 199. The molecule has 1 aromatic rings. The van der Waals surface area contributed by atoms with Gasteiger partial charge < -0.3 is 10.4 Å². The highest BCUT2D eigenvalue weighted by Gasteiger charge is 1.97. The van der Waals surface area contributed by atoms with Crippen molar-refractivity contribution in [3.05, 3.63) is 35.9 Å². The molecule has 1 rings (SSSR count). The summed E-state index contributed by atoms with van der Waals surface area (Å²) in [4.78, 5) is 0. The fourth-order valence-electron chi connectivity index (χ4n) is 1.07. The Labute approximate surface area is 80.6 Å². The van der Waals surface area contributed by atoms with Crippen molar-refractivity contribution in [3.8, 4) is 0 Å². The van der Waals surface area contributed by atoms with Crippen LogP contribution in [0.3, 0.4) is 0 Å². The van der Waals surface area contributed by atoms with Gasteiger partial charge in [0.1, 0.15) is 0 Å². The summed E-state index contributed by atoms with van der Waals surface area (Å²) in [6.07, 6.45) is 1.11. The lowest BCUT2D eigenvalue weighted by Gasteiger charge is -2.08. The number of nitrogens with one attached hydrogen (secondary N) is 1. The second-order valence-electron chi connectivity index (χ2n) is 2.88. The van der Waals surface area contributed by atoms with Crippen molar-refractivity contribution in [3.63, 3.8) is 0 Å². The van der Waals surface area contributed by atoms with Crippen LogP contribution in [0.25, 0.3) is 0 Å². The minimum atomic E-state index is 0.567. The lowest BCUT2D eigenvalue weighted by molar-refractivity contribution is 0.399. The summed E-state index contributed by atoms with van der Waals surface area (Å²) in [6.45, 7) is 2.19. The van der Waals surface area contributed by atoms with E-state index in [1.54, 1.807) is 0 Å². The largest absolute Gasteiger partial charge is 0.400 e. The Morgan fingerprint density at radius 3 is 2.23 bits per heavy atom. The number of aliphatic hydroxyl groups is 1. The Morgan fingerprint density at radius 2 is 1.77 bits per heavy atom. The summed E-state index contributed by atoms with van der Waals surface area (Å²) >= 11 is 0. The quantitative estimate of drug-likeness (QED) is 0.739. The van der Waals surface area contributed by atoms with Crippen LogP contribution < -0.4 is 5.32 Å². The fourth-order valence-corrected chi connectivity index (χ4v) is 1.07. The van der Waals surface area contributed by atoms with Crippen molar-refractivity contribution >= 4 is 0 Å². The number of hydrogen-bond donors (Lipinski definition) is 2. The van der Waals surface area contributed by atoms with Gasteiger partial charge in [-0.05, 0) is 26.0 Å². The van der Waals surface area contributed by atoms with Gasteiger partial charge in [0.05, 0.1) is 0 Å². The number of aliphatic hydroxyl groups excluding tert-OH is 1. The van der Waals surface area contributed by atoms with E-state index in [1.165, 1.54) is 5.56 Å². The molecule has 0 radical (unpaired) electrons. The van der Waals surface area contributed by atoms with Crippen LogP contribution in [0, 0.1) is 0 Å². The van der Waals surface area contributed by atoms with Crippen LogP contribution in [-0.2, 0) is 6.42 Å². The molecule has 0 unspecified atom stereocenters. The van der Waals surface area contributed by atoms with Crippen LogP contribution in [-0.4, -0.2) is 25.3 Å². The third-order valence-electron chi connectivity index (χ3n) is 1.88. The topological polar surface area (TPSA) is 32.3 Å². The first kappa shape index (κ1) is 12.1. The first-order valence-electron chi connectivity index (χ1n) is 4.49. The molecule has 0 amide bonds. The van der Waals surface area contributed by atoms with Crippen molar-refractivity contribution in [2.24, 2.45) is 0 Å². The summed E-state index contributed by atoms with van der Waals surface area (Å²) < 4.78 is 0. The van der Waals surface area contributed by atoms with E-state index >= 15 is 0 Å². The Kier molecular flexibility index (Phi) is 7.26. The van der Waals surface area contributed by atoms with Gasteiger partial charge in [0.15, 0.2) is 0 Å². The maximum atomic E-state index is 7.00. The normalized spacial score (nSPS) is 11.4. The predicted octanol–water partition coefficient (Wildman–Crippen LogP) is 1.45. The molecule has 13 heavy (non-hydrogen) atoms. The number of rotatable bonds is 3. The summed E-state index contributed by atoms with van der Waals surface area (Å²) in [5.41, 5.74) is 1.40. The zero-order valence-corrected chi connectivity index (χ0v) is 8.62. The van der Waals surface area contributed by atoms with Gasteiger partial charge in [-0.3, -0.25) is 0 Å². The number of hydrogen-bond acceptors (Lipinski definition) is 2. The van der Waals surface area contributed by atoms with Crippen molar-refractivity contribution in [1.29, 1.82) is 0 Å². The maximum Gasteiger partial charge on any atom is 0.0319 e. The van der Waals surface area contributed by atoms with Crippen LogP contribution in [0.15, 0.2) is 30.3 Å². The zero-order chi connectivity index (χ0) is 10.1. The van der Waals surface area contributed by atoms with Gasteiger partial charge >= 0.3 is 0 Å². The highest BCUT2D eigenvalue weighted by atomic mass is 16.2. The smallest absolute Gasteiger partial charge is 0.0319 e. The second-order valence-corrected chi connectivity index (χ2v) is 2.88. The monoisotopic (exact) mass is 181 g/mol. The molecule has 2 N–H and O–H groups in total. The number of likely N-dealkylation sites (N-methyl/N-ethyl adjacent to an activating group) is 1. The Hall–Kier alpha value is -0.860. The van der Waals surface area contributed by atoms with Crippen LogP contribution in [0.1, 0.15) is 12.5 Å². The highest BCUT2D eigenvalue weighted by Crippen LogP contribution is 2.01. The molecular formula is C11H19NO. The van der Waals surface area contributed by atoms with E-state index in [-0.39, 0.29) is 0 Å². The van der Waals surface area contributed by atoms with Gasteiger partial charge in [-0.25, -0.2) is 0 Å². The molecular weight excluding hydrogens is 162 g/mol. The van der Waals surface area contributed by atoms with E-state index in [0.29, 0.717) is 6.04 Å². The molecule has 1 aromatic carbocycles. The molecule has 0 fully saturated rings. The number of benzene rings is 1. The molecule has 0 aliphatic heterocycles. The Morgan fingerprint density at radius 1 is 1.23 bits per heavy atom. The van der Waals surface area contributed by atoms with Crippen LogP contribution in [0.2, 0.25) is 0 Å². The molecule has 0 aliphatic rings. The second kappa shape index (κ2) is 7.77.